The third-order valence-electron chi connectivity index (χ3n) is 2.01. The average molecular weight is 183 g/mol. The molecule has 0 bridgehead atoms. The Bertz CT molecular complexity index is 259. The lowest BCUT2D eigenvalue weighted by Gasteiger charge is -2.17. The molecule has 1 aromatic heterocycles. The summed E-state index contributed by atoms with van der Waals surface area (Å²) in [6.45, 7) is 4.60. The quantitative estimate of drug-likeness (QED) is 0.752. The number of hydrogen-bond acceptors (Lipinski definition) is 3. The predicted molar refractivity (Wildman–Crippen MR) is 51.2 cm³/mol. The van der Waals surface area contributed by atoms with E-state index >= 15 is 0 Å². The molecule has 0 spiro atoms. The molecule has 74 valence electrons. The summed E-state index contributed by atoms with van der Waals surface area (Å²) in [4.78, 5) is 0. The molecule has 0 aliphatic heterocycles. The van der Waals surface area contributed by atoms with Crippen molar-refractivity contribution in [2.45, 2.75) is 26.0 Å². The van der Waals surface area contributed by atoms with Gasteiger partial charge in [0.1, 0.15) is 0 Å². The van der Waals surface area contributed by atoms with Gasteiger partial charge in [0.2, 0.25) is 0 Å². The molecule has 1 rings (SSSR count). The summed E-state index contributed by atoms with van der Waals surface area (Å²) in [5.74, 6) is 0. The Hall–Kier alpha value is -0.870. The third kappa shape index (κ3) is 2.54. The molecule has 2 unspecified atom stereocenters. The smallest absolute Gasteiger partial charge is 0.0818 e. The molecule has 13 heavy (non-hydrogen) atoms. The first kappa shape index (κ1) is 10.2. The van der Waals surface area contributed by atoms with E-state index in [0.29, 0.717) is 6.61 Å². The van der Waals surface area contributed by atoms with Gasteiger partial charge in [0.25, 0.3) is 0 Å². The summed E-state index contributed by atoms with van der Waals surface area (Å²) in [5, 5.41) is 4.23. The maximum absolute atomic E-state index is 5.94. The molecule has 0 aliphatic carbocycles. The number of aromatic nitrogens is 2. The van der Waals surface area contributed by atoms with Crippen LogP contribution in [-0.2, 0) is 11.8 Å². The van der Waals surface area contributed by atoms with Crippen molar-refractivity contribution in [1.82, 2.24) is 9.78 Å². The first-order valence-corrected chi connectivity index (χ1v) is 4.52. The molecule has 0 saturated carbocycles. The van der Waals surface area contributed by atoms with Crippen LogP contribution in [0.25, 0.3) is 0 Å². The number of rotatable bonds is 4. The van der Waals surface area contributed by atoms with E-state index in [4.69, 9.17) is 10.5 Å². The molecule has 2 atom stereocenters. The van der Waals surface area contributed by atoms with E-state index in [1.807, 2.05) is 33.2 Å². The Balaban J connectivity index is 2.61. The monoisotopic (exact) mass is 183 g/mol. The van der Waals surface area contributed by atoms with Crippen LogP contribution in [0, 0.1) is 0 Å². The van der Waals surface area contributed by atoms with Crippen LogP contribution >= 0.6 is 0 Å². The van der Waals surface area contributed by atoms with Crippen LogP contribution in [0.15, 0.2) is 12.3 Å². The summed E-state index contributed by atoms with van der Waals surface area (Å²) < 4.78 is 7.14. The molecule has 0 amide bonds. The van der Waals surface area contributed by atoms with Gasteiger partial charge in [-0.2, -0.15) is 5.10 Å². The van der Waals surface area contributed by atoms with Gasteiger partial charge in [-0.1, -0.05) is 0 Å². The molecular formula is C9H17N3O. The molecule has 4 nitrogen and oxygen atoms in total. The van der Waals surface area contributed by atoms with Gasteiger partial charge >= 0.3 is 0 Å². The number of hydrogen-bond donors (Lipinski definition) is 1. The van der Waals surface area contributed by atoms with Crippen LogP contribution in [0.2, 0.25) is 0 Å². The maximum atomic E-state index is 5.94. The van der Waals surface area contributed by atoms with Crippen molar-refractivity contribution < 1.29 is 4.74 Å². The Morgan fingerprint density at radius 1 is 1.69 bits per heavy atom. The van der Waals surface area contributed by atoms with Crippen molar-refractivity contribution in [3.63, 3.8) is 0 Å². The summed E-state index contributed by atoms with van der Waals surface area (Å²) in [5.41, 5.74) is 6.82. The fourth-order valence-corrected chi connectivity index (χ4v) is 1.22. The average Bonchev–Trinajstić information content (AvgIpc) is 2.51. The minimum atomic E-state index is -0.138. The first-order valence-electron chi connectivity index (χ1n) is 4.52. The molecule has 1 aromatic rings. The van der Waals surface area contributed by atoms with E-state index < -0.39 is 0 Å². The van der Waals surface area contributed by atoms with Crippen molar-refractivity contribution >= 4 is 0 Å². The molecule has 1 heterocycles. The second-order valence-electron chi connectivity index (χ2n) is 3.10. The highest BCUT2D eigenvalue weighted by Gasteiger charge is 2.16. The highest BCUT2D eigenvalue weighted by atomic mass is 16.5. The van der Waals surface area contributed by atoms with Gasteiger partial charge in [-0.25, -0.2) is 0 Å². The maximum Gasteiger partial charge on any atom is 0.0818 e. The normalized spacial score (nSPS) is 15.7. The summed E-state index contributed by atoms with van der Waals surface area (Å²) in [6.07, 6.45) is 1.90. The number of ether oxygens (including phenoxy) is 1. The van der Waals surface area contributed by atoms with Gasteiger partial charge in [0.05, 0.1) is 17.8 Å². The summed E-state index contributed by atoms with van der Waals surface area (Å²) in [7, 11) is 1.88. The van der Waals surface area contributed by atoms with E-state index in [2.05, 4.69) is 5.10 Å². The second-order valence-corrected chi connectivity index (χ2v) is 3.10. The SMILES string of the molecule is CCOC(C)C(N)c1ccn(C)n1. The van der Waals surface area contributed by atoms with Crippen molar-refractivity contribution in [1.29, 1.82) is 0 Å². The van der Waals surface area contributed by atoms with Gasteiger partial charge in [-0.05, 0) is 19.9 Å². The van der Waals surface area contributed by atoms with Gasteiger partial charge in [-0.15, -0.1) is 0 Å². The highest BCUT2D eigenvalue weighted by molar-refractivity contribution is 5.06. The topological polar surface area (TPSA) is 53.1 Å². The predicted octanol–water partition coefficient (Wildman–Crippen LogP) is 0.845. The first-order chi connectivity index (χ1) is 6.15. The van der Waals surface area contributed by atoms with Gasteiger partial charge < -0.3 is 10.5 Å². The lowest BCUT2D eigenvalue weighted by Crippen LogP contribution is -2.26. The highest BCUT2D eigenvalue weighted by Crippen LogP contribution is 2.13. The van der Waals surface area contributed by atoms with Crippen molar-refractivity contribution in [3.8, 4) is 0 Å². The van der Waals surface area contributed by atoms with Gasteiger partial charge in [0.15, 0.2) is 0 Å². The zero-order chi connectivity index (χ0) is 9.84. The molecule has 0 aliphatic rings. The zero-order valence-corrected chi connectivity index (χ0v) is 8.40. The molecule has 4 heteroatoms. The number of nitrogens with zero attached hydrogens (tertiary/aromatic N) is 2. The zero-order valence-electron chi connectivity index (χ0n) is 8.40. The van der Waals surface area contributed by atoms with Gasteiger partial charge in [-0.3, -0.25) is 4.68 Å². The Labute approximate surface area is 78.7 Å². The van der Waals surface area contributed by atoms with Crippen molar-refractivity contribution in [3.05, 3.63) is 18.0 Å². The van der Waals surface area contributed by atoms with Crippen LogP contribution in [0.1, 0.15) is 25.6 Å². The van der Waals surface area contributed by atoms with Crippen LogP contribution in [-0.4, -0.2) is 22.5 Å². The lowest BCUT2D eigenvalue weighted by molar-refractivity contribution is 0.0564. The molecule has 0 saturated heterocycles. The van der Waals surface area contributed by atoms with Crippen LogP contribution in [0.4, 0.5) is 0 Å². The molecule has 0 radical (unpaired) electrons. The lowest BCUT2D eigenvalue weighted by atomic mass is 10.1. The Morgan fingerprint density at radius 2 is 2.38 bits per heavy atom. The van der Waals surface area contributed by atoms with Crippen LogP contribution in [0.5, 0.6) is 0 Å². The van der Waals surface area contributed by atoms with E-state index in [1.54, 1.807) is 4.68 Å². The molecular weight excluding hydrogens is 166 g/mol. The third-order valence-corrected chi connectivity index (χ3v) is 2.01. The molecule has 2 N–H and O–H groups in total. The Morgan fingerprint density at radius 3 is 2.85 bits per heavy atom. The van der Waals surface area contributed by atoms with Crippen molar-refractivity contribution in [2.75, 3.05) is 6.61 Å². The summed E-state index contributed by atoms with van der Waals surface area (Å²) in [6, 6.07) is 1.78. The van der Waals surface area contributed by atoms with Crippen LogP contribution < -0.4 is 5.73 Å². The van der Waals surface area contributed by atoms with Crippen molar-refractivity contribution in [2.24, 2.45) is 12.8 Å². The largest absolute Gasteiger partial charge is 0.377 e. The minimum absolute atomic E-state index is 0.0138. The van der Waals surface area contributed by atoms with E-state index in [1.165, 1.54) is 0 Å². The number of aryl methyl sites for hydroxylation is 1. The summed E-state index contributed by atoms with van der Waals surface area (Å²) >= 11 is 0. The van der Waals surface area contributed by atoms with Crippen LogP contribution in [0.3, 0.4) is 0 Å². The fourth-order valence-electron chi connectivity index (χ4n) is 1.22. The fraction of sp³-hybridized carbons (Fsp3) is 0.667. The standard InChI is InChI=1S/C9H17N3O/c1-4-13-7(2)9(10)8-5-6-12(3)11-8/h5-7,9H,4,10H2,1-3H3. The van der Waals surface area contributed by atoms with Gasteiger partial charge in [0, 0.05) is 19.9 Å². The Kier molecular flexibility index (Phi) is 3.45. The van der Waals surface area contributed by atoms with E-state index in [0.717, 1.165) is 5.69 Å². The molecule has 0 fully saturated rings. The molecule has 0 aromatic carbocycles. The van der Waals surface area contributed by atoms with E-state index in [-0.39, 0.29) is 12.1 Å². The minimum Gasteiger partial charge on any atom is -0.377 e. The van der Waals surface area contributed by atoms with E-state index in [9.17, 15) is 0 Å². The number of nitrogens with two attached hydrogens (primary N) is 1. The second kappa shape index (κ2) is 4.39.